The van der Waals surface area contributed by atoms with Crippen molar-refractivity contribution < 1.29 is 47.1 Å². The number of phosphoric ester groups is 1. The number of nitrogens with two attached hydrogens (primary N) is 1. The highest BCUT2D eigenvalue weighted by molar-refractivity contribution is 7.47. The van der Waals surface area contributed by atoms with Crippen LogP contribution < -0.4 is 10.5 Å². The smallest absolute Gasteiger partial charge is 0.472 e. The molecule has 0 spiro atoms. The maximum Gasteiger partial charge on any atom is 0.472 e. The number of hydrogen-bond acceptors (Lipinski definition) is 8. The van der Waals surface area contributed by atoms with Crippen molar-refractivity contribution in [1.82, 2.24) is 0 Å². The van der Waals surface area contributed by atoms with Gasteiger partial charge in [0.2, 0.25) is 0 Å². The molecule has 12 heteroatoms. The highest BCUT2D eigenvalue weighted by Crippen LogP contribution is 2.43. The van der Waals surface area contributed by atoms with Gasteiger partial charge in [0.25, 0.3) is 0 Å². The van der Waals surface area contributed by atoms with Crippen LogP contribution in [0.25, 0.3) is 0 Å². The average molecular weight is 564 g/mol. The Morgan fingerprint density at radius 2 is 1.58 bits per heavy atom. The molecule has 3 atom stereocenters. The van der Waals surface area contributed by atoms with Crippen LogP contribution in [0.2, 0.25) is 0 Å². The van der Waals surface area contributed by atoms with Crippen LogP contribution in [0.5, 0.6) is 5.75 Å². The summed E-state index contributed by atoms with van der Waals surface area (Å²) in [4.78, 5) is 32.1. The number of aryl methyl sites for hydroxylation is 1. The number of benzene rings is 1. The highest BCUT2D eigenvalue weighted by atomic mass is 31.2. The van der Waals surface area contributed by atoms with Gasteiger partial charge in [-0.25, -0.2) is 8.96 Å². The first-order chi connectivity index (χ1) is 18.1. The molecule has 0 radical (unpaired) electrons. The van der Waals surface area contributed by atoms with E-state index in [1.165, 1.54) is 44.9 Å². The number of rotatable bonds is 23. The lowest BCUT2D eigenvalue weighted by molar-refractivity contribution is -0.145. The van der Waals surface area contributed by atoms with Crippen molar-refractivity contribution in [3.05, 3.63) is 29.8 Å². The monoisotopic (exact) mass is 563 g/mol. The van der Waals surface area contributed by atoms with Crippen LogP contribution in [-0.4, -0.2) is 60.6 Å². The molecule has 0 saturated heterocycles. The number of carbonyl (C=O) groups is 2. The van der Waals surface area contributed by atoms with Crippen molar-refractivity contribution in [2.75, 3.05) is 26.4 Å². The molecular weight excluding hydrogens is 520 g/mol. The second-order valence-corrected chi connectivity index (χ2v) is 10.5. The van der Waals surface area contributed by atoms with Crippen molar-refractivity contribution >= 4 is 19.8 Å². The van der Waals surface area contributed by atoms with Crippen LogP contribution in [-0.2, 0) is 34.4 Å². The van der Waals surface area contributed by atoms with Crippen molar-refractivity contribution in [1.29, 1.82) is 0 Å². The van der Waals surface area contributed by atoms with Gasteiger partial charge in [-0.15, -0.1) is 0 Å². The molecule has 218 valence electrons. The number of carboxylic acids is 1. The summed E-state index contributed by atoms with van der Waals surface area (Å²) in [6.45, 7) is 0.457. The number of carbonyl (C=O) groups excluding carboxylic acids is 1. The average Bonchev–Trinajstić information content (AvgIpc) is 2.89. The van der Waals surface area contributed by atoms with Gasteiger partial charge in [-0.05, 0) is 24.5 Å². The summed E-state index contributed by atoms with van der Waals surface area (Å²) in [6, 6.07) is 5.88. The largest absolute Gasteiger partial charge is 0.493 e. The van der Waals surface area contributed by atoms with Gasteiger partial charge < -0.3 is 25.2 Å². The quantitative estimate of drug-likeness (QED) is 0.0946. The van der Waals surface area contributed by atoms with Gasteiger partial charge in [-0.1, -0.05) is 76.5 Å². The van der Waals surface area contributed by atoms with E-state index in [1.54, 1.807) is 0 Å². The highest BCUT2D eigenvalue weighted by Gasteiger charge is 2.26. The topological polar surface area (TPSA) is 155 Å². The molecule has 3 unspecified atom stereocenters. The Morgan fingerprint density at radius 1 is 0.974 bits per heavy atom. The summed E-state index contributed by atoms with van der Waals surface area (Å²) in [5, 5.41) is 8.62. The summed E-state index contributed by atoms with van der Waals surface area (Å²) >= 11 is 0. The third-order valence-corrected chi connectivity index (χ3v) is 6.61. The van der Waals surface area contributed by atoms with E-state index in [4.69, 9.17) is 20.3 Å². The number of ether oxygens (including phenoxy) is 2. The maximum atomic E-state index is 13.9. The minimum Gasteiger partial charge on any atom is -0.493 e. The Hall–Kier alpha value is -2.04. The molecule has 0 aliphatic rings. The predicted molar refractivity (Wildman–Crippen MR) is 141 cm³/mol. The Morgan fingerprint density at radius 3 is 2.24 bits per heavy atom. The first-order valence-corrected chi connectivity index (χ1v) is 14.7. The lowest BCUT2D eigenvalue weighted by Gasteiger charge is -2.15. The Kier molecular flexibility index (Phi) is 17.8. The number of unbranched alkanes of at least 4 members (excludes halogenated alkanes) is 8. The van der Waals surface area contributed by atoms with Crippen molar-refractivity contribution in [2.24, 2.45) is 5.73 Å². The first kappa shape index (κ1) is 34.0. The Balaban J connectivity index is 2.25. The van der Waals surface area contributed by atoms with Crippen LogP contribution in [0.1, 0.15) is 76.7 Å². The van der Waals surface area contributed by atoms with Gasteiger partial charge in [0.1, 0.15) is 18.4 Å². The molecule has 0 amide bonds. The normalized spacial score (nSPS) is 14.4. The molecule has 38 heavy (non-hydrogen) atoms. The maximum absolute atomic E-state index is 13.9. The lowest BCUT2D eigenvalue weighted by atomic mass is 10.1. The molecule has 1 aromatic carbocycles. The Bertz CT molecular complexity index is 858. The molecular formula is C26H43FNO9P. The molecule has 10 nitrogen and oxygen atoms in total. The van der Waals surface area contributed by atoms with E-state index in [0.29, 0.717) is 18.8 Å². The van der Waals surface area contributed by atoms with Crippen LogP contribution in [0, 0.1) is 0 Å². The van der Waals surface area contributed by atoms with Gasteiger partial charge in [0.05, 0.1) is 19.8 Å². The first-order valence-electron chi connectivity index (χ1n) is 13.2. The van der Waals surface area contributed by atoms with Gasteiger partial charge >= 0.3 is 19.8 Å². The fourth-order valence-electron chi connectivity index (χ4n) is 3.44. The number of halogens is 1. The van der Waals surface area contributed by atoms with E-state index in [2.05, 4.69) is 16.0 Å². The fourth-order valence-corrected chi connectivity index (χ4v) is 4.22. The molecule has 1 rings (SSSR count). The number of hydrogen-bond donors (Lipinski definition) is 3. The number of alkyl halides is 1. The van der Waals surface area contributed by atoms with Crippen molar-refractivity contribution in [2.45, 2.75) is 89.8 Å². The number of para-hydroxylation sites is 1. The summed E-state index contributed by atoms with van der Waals surface area (Å²) in [5.74, 6) is -1.37. The second kappa shape index (κ2) is 19.9. The zero-order valence-electron chi connectivity index (χ0n) is 22.2. The molecule has 0 aromatic heterocycles. The number of carboxylic acid groups (broad SMARTS) is 1. The minimum absolute atomic E-state index is 0.000657. The Labute approximate surface area is 224 Å². The standard InChI is InChI=1S/C26H43FNO9P/c1-2-3-4-5-6-7-8-9-12-17-34-24-14-11-10-13-21(24)15-16-25(29)35-18-22(27)19-36-38(32,33)37-20-23(28)26(30)31/h10-11,13-14,22-23H,2-9,12,15-20,28H2,1H3,(H,30,31)(H,32,33). The third kappa shape index (κ3) is 16.7. The van der Waals surface area contributed by atoms with E-state index in [9.17, 15) is 23.4 Å². The molecule has 0 aliphatic heterocycles. The van der Waals surface area contributed by atoms with Crippen LogP contribution in [0.3, 0.4) is 0 Å². The lowest BCUT2D eigenvalue weighted by Crippen LogP contribution is -2.34. The van der Waals surface area contributed by atoms with Crippen LogP contribution in [0.4, 0.5) is 4.39 Å². The number of esters is 1. The molecule has 0 saturated carbocycles. The van der Waals surface area contributed by atoms with E-state index in [0.717, 1.165) is 18.4 Å². The molecule has 0 bridgehead atoms. The molecule has 4 N–H and O–H groups in total. The third-order valence-electron chi connectivity index (χ3n) is 5.65. The van der Waals surface area contributed by atoms with Gasteiger partial charge in [-0.2, -0.15) is 0 Å². The van der Waals surface area contributed by atoms with E-state index in [-0.39, 0.29) is 6.42 Å². The number of aliphatic carboxylic acids is 1. The summed E-state index contributed by atoms with van der Waals surface area (Å²) in [5.41, 5.74) is 6.00. The van der Waals surface area contributed by atoms with Crippen molar-refractivity contribution in [3.8, 4) is 5.75 Å². The summed E-state index contributed by atoms with van der Waals surface area (Å²) < 4.78 is 45.2. The van der Waals surface area contributed by atoms with E-state index >= 15 is 0 Å². The zero-order valence-corrected chi connectivity index (χ0v) is 23.1. The fraction of sp³-hybridized carbons (Fsp3) is 0.692. The molecule has 0 heterocycles. The summed E-state index contributed by atoms with van der Waals surface area (Å²) in [7, 11) is -4.71. The van der Waals surface area contributed by atoms with Gasteiger partial charge in [0, 0.05) is 6.42 Å². The summed E-state index contributed by atoms with van der Waals surface area (Å²) in [6.07, 6.45) is 9.49. The van der Waals surface area contributed by atoms with Crippen LogP contribution >= 0.6 is 7.82 Å². The predicted octanol–water partition coefficient (Wildman–Crippen LogP) is 4.96. The molecule has 1 aromatic rings. The number of phosphoric acid groups is 1. The van der Waals surface area contributed by atoms with E-state index in [1.807, 2.05) is 24.3 Å². The minimum atomic E-state index is -4.71. The van der Waals surface area contributed by atoms with Crippen molar-refractivity contribution in [3.63, 3.8) is 0 Å². The SMILES string of the molecule is CCCCCCCCCCCOc1ccccc1CCC(=O)OCC(F)COP(=O)(O)OCC(N)C(=O)O. The van der Waals surface area contributed by atoms with Crippen LogP contribution in [0.15, 0.2) is 24.3 Å². The zero-order chi connectivity index (χ0) is 28.2. The van der Waals surface area contributed by atoms with E-state index < -0.39 is 51.8 Å². The molecule has 0 fully saturated rings. The van der Waals surface area contributed by atoms with Gasteiger partial charge in [-0.3, -0.25) is 18.6 Å². The second-order valence-electron chi connectivity index (χ2n) is 9.07. The molecule has 0 aliphatic carbocycles. The van der Waals surface area contributed by atoms with Gasteiger partial charge in [0.15, 0.2) is 6.17 Å².